The molecule has 2 fully saturated rings. The predicted molar refractivity (Wildman–Crippen MR) is 277 cm³/mol. The van der Waals surface area contributed by atoms with E-state index in [0.717, 1.165) is 23.0 Å². The van der Waals surface area contributed by atoms with E-state index in [9.17, 15) is 44.0 Å². The Hall–Kier alpha value is -7.09. The molecule has 74 heavy (non-hydrogen) atoms. The Morgan fingerprint density at radius 2 is 1.42 bits per heavy atom. The maximum absolute atomic E-state index is 15.4. The number of amides is 7. The van der Waals surface area contributed by atoms with E-state index in [1.165, 1.54) is 41.8 Å². The maximum atomic E-state index is 15.4. The Morgan fingerprint density at radius 1 is 0.811 bits per heavy atom. The molecule has 5 N–H and O–H groups in total. The molecule has 1 unspecified atom stereocenters. The number of aromatic hydroxyl groups is 1. The van der Waals surface area contributed by atoms with Crippen LogP contribution in [0.1, 0.15) is 99.1 Å². The van der Waals surface area contributed by atoms with Gasteiger partial charge in [0, 0.05) is 56.3 Å². The average Bonchev–Trinajstić information content (AvgIpc) is 4.15. The van der Waals surface area contributed by atoms with Crippen LogP contribution >= 0.6 is 0 Å². The van der Waals surface area contributed by atoms with Crippen molar-refractivity contribution in [3.8, 4) is 5.75 Å². The second-order valence-electron chi connectivity index (χ2n) is 21.4. The smallest absolute Gasteiger partial charge is 0.310 e. The highest BCUT2D eigenvalue weighted by atomic mass is 16.6. The van der Waals surface area contributed by atoms with Crippen molar-refractivity contribution in [3.63, 3.8) is 0 Å². The molecule has 0 saturated carbocycles. The van der Waals surface area contributed by atoms with Gasteiger partial charge in [0.2, 0.25) is 41.4 Å². The molecule has 2 aromatic carbocycles. The van der Waals surface area contributed by atoms with E-state index in [2.05, 4.69) is 39.7 Å². The van der Waals surface area contributed by atoms with Crippen LogP contribution in [0.4, 0.5) is 5.69 Å². The van der Waals surface area contributed by atoms with Crippen LogP contribution in [0.3, 0.4) is 0 Å². The lowest BCUT2D eigenvalue weighted by atomic mass is 9.95. The first-order chi connectivity index (χ1) is 34.8. The third kappa shape index (κ3) is 12.8. The first kappa shape index (κ1) is 56.2. The number of hydrogen-bond donors (Lipinski definition) is 5. The van der Waals surface area contributed by atoms with Crippen molar-refractivity contribution in [2.75, 3.05) is 20.7 Å². The van der Waals surface area contributed by atoms with Crippen LogP contribution in [0.5, 0.6) is 5.75 Å². The molecule has 6 rings (SSSR count). The fraction of sp³-hybridized carbons (Fsp3) is 0.537. The van der Waals surface area contributed by atoms with E-state index in [-0.39, 0.29) is 62.0 Å². The fourth-order valence-corrected chi connectivity index (χ4v) is 9.90. The number of benzene rings is 2. The summed E-state index contributed by atoms with van der Waals surface area (Å²) in [6.45, 7) is 17.1. The first-order valence-electron chi connectivity index (χ1n) is 25.4. The van der Waals surface area contributed by atoms with Crippen molar-refractivity contribution in [2.45, 2.75) is 155 Å². The minimum absolute atomic E-state index is 0.0136. The summed E-state index contributed by atoms with van der Waals surface area (Å²) < 4.78 is 7.86. The summed E-state index contributed by atoms with van der Waals surface area (Å²) in [6.07, 6.45) is 6.88. The van der Waals surface area contributed by atoms with Gasteiger partial charge in [0.15, 0.2) is 5.75 Å². The number of nitro groups is 1. The van der Waals surface area contributed by atoms with E-state index in [1.807, 2.05) is 58.2 Å². The number of nitrogens with one attached hydrogen (secondary N) is 4. The number of hydrogen-bond acceptors (Lipinski definition) is 11. The number of para-hydroxylation sites is 1. The van der Waals surface area contributed by atoms with Gasteiger partial charge in [-0.1, -0.05) is 69.7 Å². The van der Waals surface area contributed by atoms with Crippen LogP contribution in [0.25, 0.3) is 10.9 Å². The molecule has 2 saturated heterocycles. The molecule has 4 heterocycles. The quantitative estimate of drug-likeness (QED) is 0.0696. The van der Waals surface area contributed by atoms with Crippen LogP contribution < -0.4 is 21.3 Å². The van der Waals surface area contributed by atoms with Crippen LogP contribution in [0, 0.1) is 22.0 Å². The number of carbonyl (C=O) groups excluding carboxylic acids is 7. The second kappa shape index (κ2) is 23.4. The number of aromatic nitrogens is 1. The third-order valence-corrected chi connectivity index (χ3v) is 14.2. The summed E-state index contributed by atoms with van der Waals surface area (Å²) >= 11 is 0. The maximum Gasteiger partial charge on any atom is 0.310 e. The highest BCUT2D eigenvalue weighted by molar-refractivity contribution is 5.99. The highest BCUT2D eigenvalue weighted by Crippen LogP contribution is 2.36. The lowest BCUT2D eigenvalue weighted by Crippen LogP contribution is -2.60. The molecular formula is C54H73N9O11. The van der Waals surface area contributed by atoms with Crippen molar-refractivity contribution in [1.29, 1.82) is 0 Å². The Kier molecular flexibility index (Phi) is 17.8. The Labute approximate surface area is 432 Å². The van der Waals surface area contributed by atoms with Gasteiger partial charge in [-0.15, -0.1) is 0 Å². The van der Waals surface area contributed by atoms with Crippen LogP contribution in [-0.4, -0.2) is 140 Å². The van der Waals surface area contributed by atoms with Gasteiger partial charge in [0.1, 0.15) is 48.4 Å². The molecule has 400 valence electrons. The zero-order valence-electron chi connectivity index (χ0n) is 44.3. The van der Waals surface area contributed by atoms with Gasteiger partial charge in [-0.3, -0.25) is 43.7 Å². The fourth-order valence-electron chi connectivity index (χ4n) is 9.90. The number of nitrogens with zero attached hydrogens (tertiary/aromatic N) is 5. The Morgan fingerprint density at radius 3 is 2.05 bits per heavy atom. The number of allylic oxidation sites excluding steroid dienone is 1. The molecule has 1 aromatic heterocycles. The molecule has 0 aliphatic carbocycles. The van der Waals surface area contributed by atoms with Crippen LogP contribution in [-0.2, 0) is 56.7 Å². The first-order valence-corrected chi connectivity index (χ1v) is 25.4. The molecule has 7 amide bonds. The largest absolute Gasteiger partial charge is 0.502 e. The minimum atomic E-state index is -1.50. The minimum Gasteiger partial charge on any atom is -0.502 e. The normalized spacial score (nSPS) is 25.2. The van der Waals surface area contributed by atoms with Crippen molar-refractivity contribution in [1.82, 2.24) is 40.5 Å². The lowest BCUT2D eigenvalue weighted by molar-refractivity contribution is -0.385. The second-order valence-corrected chi connectivity index (χ2v) is 21.4. The molecule has 3 aliphatic rings. The number of fused-ring (bicyclic) bond motifs is 3. The van der Waals surface area contributed by atoms with Gasteiger partial charge in [0.25, 0.3) is 0 Å². The number of phenols is 1. The SMILES string of the molecule is C/C=C/C[C@@H]1NC(=O)[C@H](CC(C)C)N2C=C(C)C[C@@H](C2=O)N(C)C(=O)[C@@H](C)NC(=O)[C@@H](Cc2ccc(O)c([N+](=O)[O-])c2)NC(=O)[C@H](CC(C)C)N(C)C(=O)[C@@H](Cc2cn(C(C)(C)C3CO3)c3ccccc23)NC1=O. The summed E-state index contributed by atoms with van der Waals surface area (Å²) in [5.74, 6) is -5.81. The van der Waals surface area contributed by atoms with Crippen LogP contribution in [0.15, 0.2) is 72.6 Å². The average molecular weight is 1020 g/mol. The molecule has 0 spiro atoms. The molecule has 3 aliphatic heterocycles. The summed E-state index contributed by atoms with van der Waals surface area (Å²) in [4.78, 5) is 118. The summed E-state index contributed by atoms with van der Waals surface area (Å²) in [5, 5.41) is 34.3. The van der Waals surface area contributed by atoms with Crippen molar-refractivity contribution >= 4 is 57.9 Å². The Bertz CT molecular complexity index is 2710. The van der Waals surface area contributed by atoms with Crippen molar-refractivity contribution in [2.24, 2.45) is 11.8 Å². The van der Waals surface area contributed by atoms with E-state index in [1.54, 1.807) is 32.2 Å². The van der Waals surface area contributed by atoms with Gasteiger partial charge in [-0.25, -0.2) is 0 Å². The van der Waals surface area contributed by atoms with Gasteiger partial charge in [-0.2, -0.15) is 0 Å². The van der Waals surface area contributed by atoms with Crippen LogP contribution in [0.2, 0.25) is 0 Å². The topological polar surface area (TPSA) is 258 Å². The molecule has 20 nitrogen and oxygen atoms in total. The highest BCUT2D eigenvalue weighted by Gasteiger charge is 2.44. The zero-order valence-corrected chi connectivity index (χ0v) is 44.3. The number of ether oxygens (including phenoxy) is 1. The number of epoxide rings is 1. The third-order valence-electron chi connectivity index (χ3n) is 14.2. The van der Waals surface area contributed by atoms with Crippen molar-refractivity contribution in [3.05, 3.63) is 93.8 Å². The zero-order chi connectivity index (χ0) is 54.5. The van der Waals surface area contributed by atoms with Gasteiger partial charge in [-0.05, 0) is 95.4 Å². The van der Waals surface area contributed by atoms with Gasteiger partial charge >= 0.3 is 5.69 Å². The number of carbonyl (C=O) groups is 7. The lowest BCUT2D eigenvalue weighted by Gasteiger charge is -2.39. The summed E-state index contributed by atoms with van der Waals surface area (Å²) in [5.41, 5.74) is 1.30. The molecule has 2 bridgehead atoms. The number of likely N-dealkylation sites (N-methyl/N-ethyl adjacent to an activating group) is 2. The predicted octanol–water partition coefficient (Wildman–Crippen LogP) is 4.36. The molecule has 3 aromatic rings. The number of rotatable bonds is 13. The number of phenolic OH excluding ortho intramolecular Hbond substituents is 1. The molecule has 8 atom stereocenters. The Balaban J connectivity index is 1.50. The standard InChI is InChI=1S/C54H73N9O11/c1-12-13-17-37-47(65)58-39(26-35-28-62(54(8,9)46-29-74-46)40-18-15-14-16-36(35)40)52(70)59(10)42(21-30(2)3)49(67)57-38(24-34-19-20-45(64)41(25-34)63(72)73)48(66)55-33(7)51(69)60(11)44-23-32(6)27-61(53(44)71)43(22-31(4)5)50(68)56-37/h12-16,18-20,25,27-28,30-31,33,37-39,42-44,46,64H,17,21-24,26,29H2,1-11H3,(H,55,66)(H,56,68)(H,57,67)(H,58,65)/b13-12+/t33-,37+,38-,39-,42+,43+,44+,46?/m1/s1. The molecule has 0 radical (unpaired) electrons. The van der Waals surface area contributed by atoms with E-state index in [0.29, 0.717) is 17.7 Å². The van der Waals surface area contributed by atoms with E-state index < -0.39 is 106 Å². The summed E-state index contributed by atoms with van der Waals surface area (Å²) in [7, 11) is 2.85. The molecular weight excluding hydrogens is 951 g/mol. The van der Waals surface area contributed by atoms with Crippen molar-refractivity contribution < 1.29 is 48.3 Å². The van der Waals surface area contributed by atoms with E-state index >= 15 is 4.79 Å². The van der Waals surface area contributed by atoms with Gasteiger partial charge in [0.05, 0.1) is 17.1 Å². The number of nitro benzene ring substituents is 1. The van der Waals surface area contributed by atoms with Gasteiger partial charge < -0.3 is 50.4 Å². The monoisotopic (exact) mass is 1020 g/mol. The molecule has 20 heteroatoms. The van der Waals surface area contributed by atoms with E-state index in [4.69, 9.17) is 4.74 Å². The summed E-state index contributed by atoms with van der Waals surface area (Å²) in [6, 6.07) is 2.35.